The molecule has 2 aromatic carbocycles. The molecule has 0 radical (unpaired) electrons. The van der Waals surface area contributed by atoms with E-state index < -0.39 is 4.92 Å². The molecule has 3 aromatic rings. The third-order valence-corrected chi connectivity index (χ3v) is 5.91. The molecule has 0 aliphatic carbocycles. The van der Waals surface area contributed by atoms with Gasteiger partial charge in [0.25, 0.3) is 5.69 Å². The van der Waals surface area contributed by atoms with Gasteiger partial charge in [-0.05, 0) is 42.7 Å². The highest BCUT2D eigenvalue weighted by Gasteiger charge is 2.16. The van der Waals surface area contributed by atoms with E-state index in [0.717, 1.165) is 31.5 Å². The summed E-state index contributed by atoms with van der Waals surface area (Å²) in [5, 5.41) is 19.1. The number of non-ortho nitro benzene ring substituents is 1. The number of nitrogens with zero attached hydrogens (tertiary/aromatic N) is 6. The summed E-state index contributed by atoms with van der Waals surface area (Å²) in [5.41, 5.74) is 4.22. The summed E-state index contributed by atoms with van der Waals surface area (Å²) in [6.45, 7) is 1.71. The molecule has 1 fully saturated rings. The number of nitro groups is 1. The van der Waals surface area contributed by atoms with E-state index in [-0.39, 0.29) is 11.6 Å². The predicted molar refractivity (Wildman–Crippen MR) is 135 cm³/mol. The molecular formula is C22H22Cl2N8O2. The fourth-order valence-corrected chi connectivity index (χ4v) is 3.74. The molecule has 0 amide bonds. The molecule has 34 heavy (non-hydrogen) atoms. The molecule has 1 aliphatic rings. The SMILES string of the molecule is O=[N+]([O-])c1ccc(Nc2nc(N/N=C/c3ccc(Cl)c(Cl)c3)nc(N3CCCCCC3)n2)cc1. The van der Waals surface area contributed by atoms with Gasteiger partial charge in [-0.1, -0.05) is 42.1 Å². The van der Waals surface area contributed by atoms with Crippen LogP contribution in [0.3, 0.4) is 0 Å². The van der Waals surface area contributed by atoms with Crippen molar-refractivity contribution in [2.24, 2.45) is 5.10 Å². The fourth-order valence-electron chi connectivity index (χ4n) is 3.44. The summed E-state index contributed by atoms with van der Waals surface area (Å²) < 4.78 is 0. The highest BCUT2D eigenvalue weighted by Crippen LogP contribution is 2.23. The molecule has 4 rings (SSSR count). The van der Waals surface area contributed by atoms with Crippen molar-refractivity contribution in [1.82, 2.24) is 15.0 Å². The first-order valence-corrected chi connectivity index (χ1v) is 11.5. The zero-order valence-electron chi connectivity index (χ0n) is 18.1. The maximum atomic E-state index is 10.9. The minimum atomic E-state index is -0.446. The molecule has 0 atom stereocenters. The van der Waals surface area contributed by atoms with E-state index >= 15 is 0 Å². The lowest BCUT2D eigenvalue weighted by Gasteiger charge is -2.21. The number of halogens is 2. The average Bonchev–Trinajstić information content (AvgIpc) is 3.11. The van der Waals surface area contributed by atoms with Crippen LogP contribution in [0.2, 0.25) is 10.0 Å². The van der Waals surface area contributed by atoms with Crippen molar-refractivity contribution in [3.05, 3.63) is 68.2 Å². The number of nitrogens with one attached hydrogen (secondary N) is 2. The number of benzene rings is 2. The molecule has 10 nitrogen and oxygen atoms in total. The minimum absolute atomic E-state index is 0.00504. The van der Waals surface area contributed by atoms with Gasteiger partial charge < -0.3 is 10.2 Å². The third kappa shape index (κ3) is 6.30. The first-order chi connectivity index (χ1) is 16.5. The second-order valence-electron chi connectivity index (χ2n) is 7.66. The van der Waals surface area contributed by atoms with E-state index in [0.29, 0.717) is 27.6 Å². The van der Waals surface area contributed by atoms with Crippen LogP contribution in [0.5, 0.6) is 0 Å². The van der Waals surface area contributed by atoms with Crippen molar-refractivity contribution in [2.45, 2.75) is 25.7 Å². The normalized spacial score (nSPS) is 14.1. The van der Waals surface area contributed by atoms with Gasteiger partial charge in [0.05, 0.1) is 21.2 Å². The van der Waals surface area contributed by atoms with Crippen molar-refractivity contribution in [3.8, 4) is 0 Å². The van der Waals surface area contributed by atoms with Crippen LogP contribution in [0, 0.1) is 10.1 Å². The van der Waals surface area contributed by atoms with Crippen LogP contribution in [-0.2, 0) is 0 Å². The van der Waals surface area contributed by atoms with E-state index in [1.165, 1.54) is 25.0 Å². The van der Waals surface area contributed by atoms with Gasteiger partial charge in [0.1, 0.15) is 0 Å². The average molecular weight is 501 g/mol. The first-order valence-electron chi connectivity index (χ1n) is 10.7. The maximum absolute atomic E-state index is 10.9. The Hall–Kier alpha value is -3.50. The number of hydrazone groups is 1. The molecular weight excluding hydrogens is 479 g/mol. The van der Waals surface area contributed by atoms with Crippen LogP contribution in [-0.4, -0.2) is 39.2 Å². The molecule has 0 spiro atoms. The van der Waals surface area contributed by atoms with Crippen LogP contribution in [0.4, 0.5) is 29.2 Å². The van der Waals surface area contributed by atoms with Gasteiger partial charge in [-0.2, -0.15) is 20.1 Å². The Morgan fingerprint density at radius 2 is 1.65 bits per heavy atom. The number of aromatic nitrogens is 3. The van der Waals surface area contributed by atoms with Crippen LogP contribution in [0.15, 0.2) is 47.6 Å². The molecule has 12 heteroatoms. The Labute approximate surface area is 206 Å². The summed E-state index contributed by atoms with van der Waals surface area (Å²) in [6.07, 6.45) is 6.06. The molecule has 1 aliphatic heterocycles. The van der Waals surface area contributed by atoms with E-state index in [1.54, 1.807) is 36.5 Å². The van der Waals surface area contributed by atoms with Gasteiger partial charge >= 0.3 is 0 Å². The fraction of sp³-hybridized carbons (Fsp3) is 0.273. The van der Waals surface area contributed by atoms with Crippen molar-refractivity contribution in [3.63, 3.8) is 0 Å². The number of rotatable bonds is 7. The van der Waals surface area contributed by atoms with Crippen LogP contribution >= 0.6 is 23.2 Å². The summed E-state index contributed by atoms with van der Waals surface area (Å²) in [5.74, 6) is 1.10. The predicted octanol–water partition coefficient (Wildman–Crippen LogP) is 5.66. The van der Waals surface area contributed by atoms with Gasteiger partial charge in [-0.25, -0.2) is 5.43 Å². The summed E-state index contributed by atoms with van der Waals surface area (Å²) in [6, 6.07) is 11.2. The van der Waals surface area contributed by atoms with Gasteiger partial charge in [0, 0.05) is 30.9 Å². The zero-order chi connectivity index (χ0) is 23.9. The number of hydrogen-bond donors (Lipinski definition) is 2. The summed E-state index contributed by atoms with van der Waals surface area (Å²) in [7, 11) is 0. The van der Waals surface area contributed by atoms with E-state index in [1.807, 2.05) is 0 Å². The van der Waals surface area contributed by atoms with Gasteiger partial charge in [0.2, 0.25) is 17.8 Å². The Morgan fingerprint density at radius 1 is 0.941 bits per heavy atom. The maximum Gasteiger partial charge on any atom is 0.269 e. The Bertz CT molecular complexity index is 1180. The molecule has 0 saturated carbocycles. The largest absolute Gasteiger partial charge is 0.341 e. The van der Waals surface area contributed by atoms with Crippen molar-refractivity contribution in [2.75, 3.05) is 28.7 Å². The standard InChI is InChI=1S/C22H22Cl2N8O2/c23-18-10-5-15(13-19(18)24)14-25-30-21-27-20(26-16-6-8-17(9-7-16)32(33)34)28-22(29-21)31-11-3-1-2-4-12-31/h5-10,13-14H,1-4,11-12H2,(H2,26,27,28,29,30)/b25-14+. The second kappa shape index (κ2) is 11.1. The molecule has 1 aromatic heterocycles. The van der Waals surface area contributed by atoms with Crippen LogP contribution in [0.1, 0.15) is 31.2 Å². The Morgan fingerprint density at radius 3 is 2.32 bits per heavy atom. The van der Waals surface area contributed by atoms with Crippen molar-refractivity contribution < 1.29 is 4.92 Å². The Kier molecular flexibility index (Phi) is 7.71. The summed E-state index contributed by atoms with van der Waals surface area (Å²) in [4.78, 5) is 26.1. The van der Waals surface area contributed by atoms with E-state index in [9.17, 15) is 10.1 Å². The van der Waals surface area contributed by atoms with Crippen LogP contribution < -0.4 is 15.6 Å². The molecule has 0 bridgehead atoms. The Balaban J connectivity index is 1.57. The van der Waals surface area contributed by atoms with Crippen molar-refractivity contribution in [1.29, 1.82) is 0 Å². The van der Waals surface area contributed by atoms with E-state index in [2.05, 4.69) is 35.7 Å². The van der Waals surface area contributed by atoms with Gasteiger partial charge in [-0.3, -0.25) is 10.1 Å². The number of anilines is 4. The van der Waals surface area contributed by atoms with Crippen LogP contribution in [0.25, 0.3) is 0 Å². The highest BCUT2D eigenvalue weighted by molar-refractivity contribution is 6.42. The second-order valence-corrected chi connectivity index (χ2v) is 8.47. The minimum Gasteiger partial charge on any atom is -0.341 e. The lowest BCUT2D eigenvalue weighted by atomic mass is 10.2. The quantitative estimate of drug-likeness (QED) is 0.242. The van der Waals surface area contributed by atoms with Gasteiger partial charge in [0.15, 0.2) is 0 Å². The molecule has 1 saturated heterocycles. The van der Waals surface area contributed by atoms with E-state index in [4.69, 9.17) is 23.2 Å². The number of nitro benzene ring substituents is 1. The summed E-state index contributed by atoms with van der Waals surface area (Å²) >= 11 is 12.0. The molecule has 0 unspecified atom stereocenters. The smallest absolute Gasteiger partial charge is 0.269 e. The molecule has 2 N–H and O–H groups in total. The van der Waals surface area contributed by atoms with Gasteiger partial charge in [-0.15, -0.1) is 0 Å². The lowest BCUT2D eigenvalue weighted by molar-refractivity contribution is -0.384. The lowest BCUT2D eigenvalue weighted by Crippen LogP contribution is -2.26. The van der Waals surface area contributed by atoms with Crippen molar-refractivity contribution >= 4 is 58.6 Å². The topological polar surface area (TPSA) is 121 Å². The first kappa shape index (κ1) is 23.7. The molecule has 2 heterocycles. The third-order valence-electron chi connectivity index (χ3n) is 5.17. The monoisotopic (exact) mass is 500 g/mol. The highest BCUT2D eigenvalue weighted by atomic mass is 35.5. The zero-order valence-corrected chi connectivity index (χ0v) is 19.6. The number of hydrogen-bond acceptors (Lipinski definition) is 9. The molecule has 176 valence electrons.